The lowest BCUT2D eigenvalue weighted by atomic mass is 10.0. The first-order chi connectivity index (χ1) is 8.39. The summed E-state index contributed by atoms with van der Waals surface area (Å²) in [6.45, 7) is 0. The zero-order valence-electron chi connectivity index (χ0n) is 9.13. The Bertz CT molecular complexity index is 541. The molecule has 94 valence electrons. The lowest BCUT2D eigenvalue weighted by Crippen LogP contribution is -2.04. The summed E-state index contributed by atoms with van der Waals surface area (Å²) >= 11 is 5.99. The summed E-state index contributed by atoms with van der Waals surface area (Å²) in [5.41, 5.74) is 6.62. The highest BCUT2D eigenvalue weighted by Crippen LogP contribution is 2.35. The summed E-state index contributed by atoms with van der Waals surface area (Å²) < 4.78 is 37.3. The van der Waals surface area contributed by atoms with Crippen molar-refractivity contribution in [2.24, 2.45) is 0 Å². The molecule has 0 amide bonds. The van der Waals surface area contributed by atoms with Gasteiger partial charge < -0.3 is 5.73 Å². The van der Waals surface area contributed by atoms with Gasteiger partial charge >= 0.3 is 6.18 Å². The third kappa shape index (κ3) is 2.43. The van der Waals surface area contributed by atoms with Crippen LogP contribution in [0.4, 0.5) is 18.9 Å². The summed E-state index contributed by atoms with van der Waals surface area (Å²) in [6, 6.07) is 9.73. The maximum atomic E-state index is 12.4. The topological polar surface area (TPSA) is 26.0 Å². The molecule has 0 aliphatic heterocycles. The monoisotopic (exact) mass is 271 g/mol. The van der Waals surface area contributed by atoms with E-state index in [2.05, 4.69) is 0 Å². The van der Waals surface area contributed by atoms with Crippen LogP contribution in [-0.2, 0) is 6.18 Å². The Morgan fingerprint density at radius 3 is 2.06 bits per heavy atom. The van der Waals surface area contributed by atoms with Crippen LogP contribution in [0.15, 0.2) is 42.5 Å². The molecule has 0 bridgehead atoms. The minimum absolute atomic E-state index is 0.412. The Kier molecular flexibility index (Phi) is 3.22. The lowest BCUT2D eigenvalue weighted by Gasteiger charge is -2.10. The number of hydrogen-bond donors (Lipinski definition) is 1. The van der Waals surface area contributed by atoms with E-state index in [1.54, 1.807) is 18.2 Å². The van der Waals surface area contributed by atoms with Crippen LogP contribution >= 0.6 is 11.6 Å². The predicted molar refractivity (Wildman–Crippen MR) is 66.3 cm³/mol. The van der Waals surface area contributed by atoms with E-state index in [0.29, 0.717) is 21.8 Å². The predicted octanol–water partition coefficient (Wildman–Crippen LogP) is 4.61. The SMILES string of the molecule is Nc1cccc(Cl)c1-c1ccc(C(F)(F)F)cc1. The summed E-state index contributed by atoms with van der Waals surface area (Å²) in [6.07, 6.45) is -4.34. The van der Waals surface area contributed by atoms with Crippen LogP contribution in [0.3, 0.4) is 0 Å². The average molecular weight is 272 g/mol. The van der Waals surface area contributed by atoms with E-state index in [1.165, 1.54) is 12.1 Å². The number of halogens is 4. The second kappa shape index (κ2) is 4.53. The van der Waals surface area contributed by atoms with Gasteiger partial charge in [-0.1, -0.05) is 29.8 Å². The van der Waals surface area contributed by atoms with Crippen molar-refractivity contribution in [3.8, 4) is 11.1 Å². The Morgan fingerprint density at radius 1 is 0.944 bits per heavy atom. The Labute approximate surface area is 107 Å². The van der Waals surface area contributed by atoms with Gasteiger partial charge in [-0.2, -0.15) is 13.2 Å². The number of rotatable bonds is 1. The molecule has 18 heavy (non-hydrogen) atoms. The molecule has 0 aromatic heterocycles. The molecule has 0 fully saturated rings. The fourth-order valence-corrected chi connectivity index (χ4v) is 1.96. The molecule has 1 nitrogen and oxygen atoms in total. The average Bonchev–Trinajstić information content (AvgIpc) is 2.28. The molecule has 0 aliphatic rings. The highest BCUT2D eigenvalue weighted by atomic mass is 35.5. The van der Waals surface area contributed by atoms with Crippen molar-refractivity contribution in [2.75, 3.05) is 5.73 Å². The highest BCUT2D eigenvalue weighted by Gasteiger charge is 2.30. The van der Waals surface area contributed by atoms with E-state index in [9.17, 15) is 13.2 Å². The third-order valence-electron chi connectivity index (χ3n) is 2.55. The summed E-state index contributed by atoms with van der Waals surface area (Å²) in [5, 5.41) is 0.412. The van der Waals surface area contributed by atoms with Crippen molar-refractivity contribution in [1.29, 1.82) is 0 Å². The second-order valence-corrected chi connectivity index (χ2v) is 4.19. The smallest absolute Gasteiger partial charge is 0.398 e. The Balaban J connectivity index is 2.47. The summed E-state index contributed by atoms with van der Waals surface area (Å²) in [5.74, 6) is 0. The van der Waals surface area contributed by atoms with Crippen LogP contribution in [0.5, 0.6) is 0 Å². The van der Waals surface area contributed by atoms with Gasteiger partial charge in [0.25, 0.3) is 0 Å². The van der Waals surface area contributed by atoms with E-state index in [4.69, 9.17) is 17.3 Å². The van der Waals surface area contributed by atoms with Crippen molar-refractivity contribution < 1.29 is 13.2 Å². The van der Waals surface area contributed by atoms with Crippen molar-refractivity contribution in [1.82, 2.24) is 0 Å². The molecule has 0 saturated carbocycles. The molecule has 0 atom stereocenters. The minimum Gasteiger partial charge on any atom is -0.398 e. The molecular weight excluding hydrogens is 263 g/mol. The fraction of sp³-hybridized carbons (Fsp3) is 0.0769. The van der Waals surface area contributed by atoms with Gasteiger partial charge in [0, 0.05) is 11.3 Å². The molecule has 0 unspecified atom stereocenters. The van der Waals surface area contributed by atoms with Crippen molar-refractivity contribution >= 4 is 17.3 Å². The van der Waals surface area contributed by atoms with Crippen LogP contribution in [0.2, 0.25) is 5.02 Å². The first-order valence-corrected chi connectivity index (χ1v) is 5.49. The van der Waals surface area contributed by atoms with E-state index in [0.717, 1.165) is 12.1 Å². The number of nitrogens with two attached hydrogens (primary N) is 1. The van der Waals surface area contributed by atoms with Crippen LogP contribution < -0.4 is 5.73 Å². The zero-order chi connectivity index (χ0) is 13.3. The van der Waals surface area contributed by atoms with Crippen LogP contribution in [0.25, 0.3) is 11.1 Å². The van der Waals surface area contributed by atoms with Gasteiger partial charge in [-0.3, -0.25) is 0 Å². The van der Waals surface area contributed by atoms with Gasteiger partial charge in [0.1, 0.15) is 0 Å². The Morgan fingerprint density at radius 2 is 1.56 bits per heavy atom. The Hall–Kier alpha value is -1.68. The summed E-state index contributed by atoms with van der Waals surface area (Å²) in [7, 11) is 0. The molecular formula is C13H9ClF3N. The van der Waals surface area contributed by atoms with Crippen molar-refractivity contribution in [3.63, 3.8) is 0 Å². The maximum absolute atomic E-state index is 12.4. The molecule has 5 heteroatoms. The van der Waals surface area contributed by atoms with Crippen LogP contribution in [0, 0.1) is 0 Å². The molecule has 2 rings (SSSR count). The zero-order valence-corrected chi connectivity index (χ0v) is 9.89. The molecule has 0 radical (unpaired) electrons. The normalized spacial score (nSPS) is 11.6. The largest absolute Gasteiger partial charge is 0.416 e. The van der Waals surface area contributed by atoms with E-state index >= 15 is 0 Å². The van der Waals surface area contributed by atoms with Crippen LogP contribution in [0.1, 0.15) is 5.56 Å². The first-order valence-electron chi connectivity index (χ1n) is 5.11. The number of hydrogen-bond acceptors (Lipinski definition) is 1. The molecule has 0 heterocycles. The molecule has 0 saturated heterocycles. The van der Waals surface area contributed by atoms with Crippen molar-refractivity contribution in [2.45, 2.75) is 6.18 Å². The number of nitrogen functional groups attached to an aromatic ring is 1. The van der Waals surface area contributed by atoms with Gasteiger partial charge in [0.2, 0.25) is 0 Å². The van der Waals surface area contributed by atoms with E-state index in [-0.39, 0.29) is 0 Å². The fourth-order valence-electron chi connectivity index (χ4n) is 1.67. The molecule has 0 spiro atoms. The van der Waals surface area contributed by atoms with Gasteiger partial charge in [0.15, 0.2) is 0 Å². The standard InChI is InChI=1S/C13H9ClF3N/c14-10-2-1-3-11(18)12(10)8-4-6-9(7-5-8)13(15,16)17/h1-7H,18H2. The number of anilines is 1. The van der Waals surface area contributed by atoms with E-state index in [1.807, 2.05) is 0 Å². The van der Waals surface area contributed by atoms with Gasteiger partial charge in [-0.15, -0.1) is 0 Å². The van der Waals surface area contributed by atoms with Gasteiger partial charge in [-0.05, 0) is 29.8 Å². The van der Waals surface area contributed by atoms with Gasteiger partial charge in [0.05, 0.1) is 10.6 Å². The lowest BCUT2D eigenvalue weighted by molar-refractivity contribution is -0.137. The van der Waals surface area contributed by atoms with Crippen LogP contribution in [-0.4, -0.2) is 0 Å². The molecule has 2 N–H and O–H groups in total. The first kappa shape index (κ1) is 12.8. The summed E-state index contributed by atoms with van der Waals surface area (Å²) in [4.78, 5) is 0. The molecule has 2 aromatic rings. The molecule has 0 aliphatic carbocycles. The highest BCUT2D eigenvalue weighted by molar-refractivity contribution is 6.34. The second-order valence-electron chi connectivity index (χ2n) is 3.78. The third-order valence-corrected chi connectivity index (χ3v) is 2.86. The minimum atomic E-state index is -4.34. The quantitative estimate of drug-likeness (QED) is 0.753. The van der Waals surface area contributed by atoms with Gasteiger partial charge in [-0.25, -0.2) is 0 Å². The number of benzene rings is 2. The maximum Gasteiger partial charge on any atom is 0.416 e. The molecule has 2 aromatic carbocycles. The van der Waals surface area contributed by atoms with Crippen molar-refractivity contribution in [3.05, 3.63) is 53.1 Å². The van der Waals surface area contributed by atoms with E-state index < -0.39 is 11.7 Å². The number of alkyl halides is 3.